The minimum Gasteiger partial charge on any atom is -0.353 e. The van der Waals surface area contributed by atoms with Crippen molar-refractivity contribution >= 4 is 21.7 Å². The number of hydrogen-bond acceptors (Lipinski definition) is 3. The van der Waals surface area contributed by atoms with Crippen molar-refractivity contribution in [3.05, 3.63) is 22.3 Å². The quantitative estimate of drug-likeness (QED) is 0.796. The molecule has 2 rings (SSSR count). The number of nitriles is 1. The number of aromatic nitrogens is 1. The molecule has 1 saturated heterocycles. The predicted octanol–water partition coefficient (Wildman–Crippen LogP) is 2.65. The third-order valence-electron chi connectivity index (χ3n) is 2.62. The summed E-state index contributed by atoms with van der Waals surface area (Å²) in [6.45, 7) is 1.10. The van der Waals surface area contributed by atoms with Crippen LogP contribution in [0.5, 0.6) is 0 Å². The zero-order valence-corrected chi connectivity index (χ0v) is 10.2. The van der Waals surface area contributed by atoms with Crippen LogP contribution in [-0.2, 0) is 0 Å². The molecule has 0 saturated carbocycles. The molecule has 1 fully saturated rings. The Labute approximate surface area is 102 Å². The fourth-order valence-corrected chi connectivity index (χ4v) is 2.22. The highest BCUT2D eigenvalue weighted by molar-refractivity contribution is 9.10. The van der Waals surface area contributed by atoms with E-state index in [0.29, 0.717) is 24.3 Å². The molecule has 1 aromatic rings. The molecule has 0 aliphatic carbocycles. The highest BCUT2D eigenvalue weighted by atomic mass is 79.9. The minimum absolute atomic E-state index is 0.337. The summed E-state index contributed by atoms with van der Waals surface area (Å²) in [5.41, 5.74) is 0.489. The highest BCUT2D eigenvalue weighted by Crippen LogP contribution is 2.24. The first-order valence-electron chi connectivity index (χ1n) is 5.15. The van der Waals surface area contributed by atoms with Crippen LogP contribution in [0.1, 0.15) is 18.4 Å². The summed E-state index contributed by atoms with van der Waals surface area (Å²) in [6.07, 6.45) is 2.24. The summed E-state index contributed by atoms with van der Waals surface area (Å²) in [5, 5.41) is 9.01. The standard InChI is InChI=1S/C11H11BrFN3/c12-9-4-8(5-14)11(15-6-9)16-3-1-2-10(13)7-16/h4,6,10H,1-3,7H2. The molecule has 5 heteroatoms. The van der Waals surface area contributed by atoms with Gasteiger partial charge >= 0.3 is 0 Å². The van der Waals surface area contributed by atoms with Crippen LogP contribution in [-0.4, -0.2) is 24.2 Å². The SMILES string of the molecule is N#Cc1cc(Br)cnc1N1CCCC(F)C1. The molecule has 1 atom stereocenters. The predicted molar refractivity (Wildman–Crippen MR) is 63.0 cm³/mol. The molecular weight excluding hydrogens is 273 g/mol. The van der Waals surface area contributed by atoms with Gasteiger partial charge < -0.3 is 4.90 Å². The van der Waals surface area contributed by atoms with Crippen molar-refractivity contribution in [1.29, 1.82) is 5.26 Å². The second-order valence-corrected chi connectivity index (χ2v) is 4.74. The van der Waals surface area contributed by atoms with Crippen LogP contribution in [0.25, 0.3) is 0 Å². The largest absolute Gasteiger partial charge is 0.353 e. The van der Waals surface area contributed by atoms with Gasteiger partial charge in [-0.15, -0.1) is 0 Å². The Balaban J connectivity index is 2.29. The zero-order chi connectivity index (χ0) is 11.5. The van der Waals surface area contributed by atoms with Gasteiger partial charge in [-0.2, -0.15) is 5.26 Å². The first kappa shape index (κ1) is 11.3. The van der Waals surface area contributed by atoms with Gasteiger partial charge in [0, 0.05) is 17.2 Å². The van der Waals surface area contributed by atoms with E-state index in [1.807, 2.05) is 4.90 Å². The highest BCUT2D eigenvalue weighted by Gasteiger charge is 2.22. The Hall–Kier alpha value is -1.15. The van der Waals surface area contributed by atoms with Gasteiger partial charge in [-0.3, -0.25) is 0 Å². The average molecular weight is 284 g/mol. The maximum Gasteiger partial charge on any atom is 0.146 e. The fraction of sp³-hybridized carbons (Fsp3) is 0.455. The van der Waals surface area contributed by atoms with Gasteiger partial charge in [0.05, 0.1) is 12.1 Å². The van der Waals surface area contributed by atoms with E-state index in [9.17, 15) is 4.39 Å². The lowest BCUT2D eigenvalue weighted by atomic mass is 10.1. The van der Waals surface area contributed by atoms with Crippen molar-refractivity contribution in [3.8, 4) is 6.07 Å². The molecule has 0 bridgehead atoms. The van der Waals surface area contributed by atoms with E-state index >= 15 is 0 Å². The maximum absolute atomic E-state index is 13.3. The molecule has 0 N–H and O–H groups in total. The molecule has 84 valence electrons. The zero-order valence-electron chi connectivity index (χ0n) is 8.66. The topological polar surface area (TPSA) is 39.9 Å². The number of hydrogen-bond donors (Lipinski definition) is 0. The smallest absolute Gasteiger partial charge is 0.146 e. The summed E-state index contributed by atoms with van der Waals surface area (Å²) in [4.78, 5) is 6.04. The van der Waals surface area contributed by atoms with E-state index in [4.69, 9.17) is 5.26 Å². The monoisotopic (exact) mass is 283 g/mol. The van der Waals surface area contributed by atoms with Crippen molar-refractivity contribution in [2.75, 3.05) is 18.0 Å². The molecule has 2 heterocycles. The van der Waals surface area contributed by atoms with Crippen molar-refractivity contribution in [2.24, 2.45) is 0 Å². The molecule has 1 aliphatic heterocycles. The molecule has 16 heavy (non-hydrogen) atoms. The first-order chi connectivity index (χ1) is 7.70. The molecule has 3 nitrogen and oxygen atoms in total. The van der Waals surface area contributed by atoms with E-state index < -0.39 is 6.17 Å². The van der Waals surface area contributed by atoms with Crippen molar-refractivity contribution in [1.82, 2.24) is 4.98 Å². The number of anilines is 1. The van der Waals surface area contributed by atoms with E-state index in [0.717, 1.165) is 17.4 Å². The van der Waals surface area contributed by atoms with Gasteiger partial charge in [0.1, 0.15) is 18.1 Å². The Morgan fingerprint density at radius 3 is 3.12 bits per heavy atom. The van der Waals surface area contributed by atoms with Crippen LogP contribution in [0.3, 0.4) is 0 Å². The molecular formula is C11H11BrFN3. The first-order valence-corrected chi connectivity index (χ1v) is 5.94. The number of nitrogens with zero attached hydrogens (tertiary/aromatic N) is 3. The summed E-state index contributed by atoms with van der Waals surface area (Å²) in [7, 11) is 0. The van der Waals surface area contributed by atoms with Crippen LogP contribution >= 0.6 is 15.9 Å². The molecule has 0 aromatic carbocycles. The molecule has 1 unspecified atom stereocenters. The third kappa shape index (κ3) is 2.33. The number of rotatable bonds is 1. The fourth-order valence-electron chi connectivity index (χ4n) is 1.88. The molecule has 1 aromatic heterocycles. The van der Waals surface area contributed by atoms with Gasteiger partial charge in [-0.25, -0.2) is 9.37 Å². The number of piperidine rings is 1. The van der Waals surface area contributed by atoms with Gasteiger partial charge in [0.2, 0.25) is 0 Å². The second kappa shape index (κ2) is 4.79. The Morgan fingerprint density at radius 1 is 1.62 bits per heavy atom. The number of halogens is 2. The average Bonchev–Trinajstić information content (AvgIpc) is 2.28. The molecule has 0 spiro atoms. The van der Waals surface area contributed by atoms with Crippen LogP contribution < -0.4 is 4.90 Å². The van der Waals surface area contributed by atoms with Gasteiger partial charge in [0.25, 0.3) is 0 Å². The molecule has 0 amide bonds. The van der Waals surface area contributed by atoms with Gasteiger partial charge in [-0.05, 0) is 34.8 Å². The van der Waals surface area contributed by atoms with E-state index in [1.165, 1.54) is 0 Å². The lowest BCUT2D eigenvalue weighted by Crippen LogP contribution is -2.37. The van der Waals surface area contributed by atoms with Gasteiger partial charge in [-0.1, -0.05) is 0 Å². The molecule has 1 aliphatic rings. The van der Waals surface area contributed by atoms with Crippen LogP contribution in [0.15, 0.2) is 16.7 Å². The Morgan fingerprint density at radius 2 is 2.44 bits per heavy atom. The summed E-state index contributed by atoms with van der Waals surface area (Å²) in [5.74, 6) is 0.591. The Bertz CT molecular complexity index is 430. The van der Waals surface area contributed by atoms with E-state index in [2.05, 4.69) is 27.0 Å². The summed E-state index contributed by atoms with van der Waals surface area (Å²) >= 11 is 3.27. The molecule has 0 radical (unpaired) electrons. The maximum atomic E-state index is 13.3. The van der Waals surface area contributed by atoms with E-state index in [1.54, 1.807) is 12.3 Å². The number of alkyl halides is 1. The van der Waals surface area contributed by atoms with Crippen molar-refractivity contribution in [2.45, 2.75) is 19.0 Å². The minimum atomic E-state index is -0.814. The van der Waals surface area contributed by atoms with Crippen LogP contribution in [0.2, 0.25) is 0 Å². The lowest BCUT2D eigenvalue weighted by Gasteiger charge is -2.30. The lowest BCUT2D eigenvalue weighted by molar-refractivity contribution is 0.286. The van der Waals surface area contributed by atoms with Crippen LogP contribution in [0.4, 0.5) is 10.2 Å². The Kier molecular flexibility index (Phi) is 3.39. The van der Waals surface area contributed by atoms with Crippen LogP contribution in [0, 0.1) is 11.3 Å². The second-order valence-electron chi connectivity index (χ2n) is 3.82. The number of pyridine rings is 1. The summed E-state index contributed by atoms with van der Waals surface area (Å²) < 4.78 is 14.0. The normalized spacial score (nSPS) is 20.6. The van der Waals surface area contributed by atoms with Crippen molar-refractivity contribution < 1.29 is 4.39 Å². The summed E-state index contributed by atoms with van der Waals surface area (Å²) in [6, 6.07) is 3.80. The van der Waals surface area contributed by atoms with Gasteiger partial charge in [0.15, 0.2) is 0 Å². The third-order valence-corrected chi connectivity index (χ3v) is 3.05. The van der Waals surface area contributed by atoms with Crippen molar-refractivity contribution in [3.63, 3.8) is 0 Å². The van der Waals surface area contributed by atoms with E-state index in [-0.39, 0.29) is 0 Å².